The first-order chi connectivity index (χ1) is 14.1. The number of amides is 1. The van der Waals surface area contributed by atoms with Gasteiger partial charge in [-0.15, -0.1) is 0 Å². The van der Waals surface area contributed by atoms with Gasteiger partial charge >= 0.3 is 0 Å². The van der Waals surface area contributed by atoms with Crippen LogP contribution >= 0.6 is 0 Å². The average molecular weight is 399 g/mol. The molecule has 6 heteroatoms. The van der Waals surface area contributed by atoms with Gasteiger partial charge in [0, 0.05) is 13.2 Å². The number of nitrogens with zero attached hydrogens (tertiary/aromatic N) is 1. The number of carbonyl (C=O) groups excluding carboxylic acids is 1. The predicted molar refractivity (Wildman–Crippen MR) is 113 cm³/mol. The Morgan fingerprint density at radius 2 is 1.76 bits per heavy atom. The van der Waals surface area contributed by atoms with E-state index in [0.29, 0.717) is 24.8 Å². The SMILES string of the molecule is COCCOc1ccc(NC(=O)C2(c3ccc(OC)cc3)CCCCC2)c(C)n1. The molecule has 1 aromatic heterocycles. The van der Waals surface area contributed by atoms with Crippen LogP contribution in [0.15, 0.2) is 36.4 Å². The summed E-state index contributed by atoms with van der Waals surface area (Å²) in [5.74, 6) is 1.35. The predicted octanol–water partition coefficient (Wildman–Crippen LogP) is 4.26. The van der Waals surface area contributed by atoms with Crippen molar-refractivity contribution in [3.8, 4) is 11.6 Å². The van der Waals surface area contributed by atoms with E-state index in [9.17, 15) is 4.79 Å². The molecule has 3 rings (SSSR count). The highest BCUT2D eigenvalue weighted by molar-refractivity contribution is 5.99. The highest BCUT2D eigenvalue weighted by Crippen LogP contribution is 2.41. The Morgan fingerprint density at radius 1 is 1.03 bits per heavy atom. The third-order valence-corrected chi connectivity index (χ3v) is 5.63. The van der Waals surface area contributed by atoms with E-state index in [1.807, 2.05) is 37.3 Å². The quantitative estimate of drug-likeness (QED) is 0.673. The molecule has 0 radical (unpaired) electrons. The second-order valence-corrected chi connectivity index (χ2v) is 7.45. The van der Waals surface area contributed by atoms with Gasteiger partial charge in [-0.1, -0.05) is 31.4 Å². The summed E-state index contributed by atoms with van der Waals surface area (Å²) < 4.78 is 15.8. The molecule has 0 spiro atoms. The first-order valence-corrected chi connectivity index (χ1v) is 10.1. The van der Waals surface area contributed by atoms with Gasteiger partial charge < -0.3 is 19.5 Å². The van der Waals surface area contributed by atoms with E-state index in [-0.39, 0.29) is 5.91 Å². The van der Waals surface area contributed by atoms with Crippen LogP contribution in [0.5, 0.6) is 11.6 Å². The van der Waals surface area contributed by atoms with Gasteiger partial charge in [-0.25, -0.2) is 4.98 Å². The maximum atomic E-state index is 13.5. The van der Waals surface area contributed by atoms with E-state index in [1.54, 1.807) is 20.3 Å². The second kappa shape index (κ2) is 9.74. The van der Waals surface area contributed by atoms with E-state index in [2.05, 4.69) is 10.3 Å². The number of rotatable bonds is 8. The molecule has 0 aliphatic heterocycles. The zero-order chi connectivity index (χ0) is 20.7. The molecular weight excluding hydrogens is 368 g/mol. The van der Waals surface area contributed by atoms with Crippen molar-refractivity contribution in [2.24, 2.45) is 0 Å². The van der Waals surface area contributed by atoms with Gasteiger partial charge in [-0.3, -0.25) is 4.79 Å². The maximum absolute atomic E-state index is 13.5. The minimum atomic E-state index is -0.523. The average Bonchev–Trinajstić information content (AvgIpc) is 2.76. The molecule has 0 atom stereocenters. The summed E-state index contributed by atoms with van der Waals surface area (Å²) in [7, 11) is 3.28. The Morgan fingerprint density at radius 3 is 2.38 bits per heavy atom. The van der Waals surface area contributed by atoms with Crippen molar-refractivity contribution in [2.75, 3.05) is 32.8 Å². The summed E-state index contributed by atoms with van der Waals surface area (Å²) in [6.45, 7) is 2.82. The molecule has 2 aromatic rings. The van der Waals surface area contributed by atoms with Gasteiger partial charge in [0.1, 0.15) is 12.4 Å². The largest absolute Gasteiger partial charge is 0.497 e. The molecule has 0 bridgehead atoms. The zero-order valence-corrected chi connectivity index (χ0v) is 17.5. The van der Waals surface area contributed by atoms with Crippen molar-refractivity contribution in [1.82, 2.24) is 4.98 Å². The first-order valence-electron chi connectivity index (χ1n) is 10.1. The van der Waals surface area contributed by atoms with Crippen molar-refractivity contribution < 1.29 is 19.0 Å². The van der Waals surface area contributed by atoms with E-state index >= 15 is 0 Å². The Bertz CT molecular complexity index is 814. The van der Waals surface area contributed by atoms with Gasteiger partial charge in [-0.2, -0.15) is 0 Å². The monoisotopic (exact) mass is 398 g/mol. The Kier molecular flexibility index (Phi) is 7.09. The lowest BCUT2D eigenvalue weighted by Crippen LogP contribution is -2.42. The van der Waals surface area contributed by atoms with Gasteiger partial charge in [0.15, 0.2) is 0 Å². The summed E-state index contributed by atoms with van der Waals surface area (Å²) in [5.41, 5.74) is 1.96. The number of benzene rings is 1. The molecule has 1 amide bonds. The van der Waals surface area contributed by atoms with Crippen LogP contribution in [0.2, 0.25) is 0 Å². The molecule has 0 unspecified atom stereocenters. The molecule has 156 valence electrons. The zero-order valence-electron chi connectivity index (χ0n) is 17.5. The lowest BCUT2D eigenvalue weighted by Gasteiger charge is -2.36. The highest BCUT2D eigenvalue weighted by atomic mass is 16.5. The maximum Gasteiger partial charge on any atom is 0.235 e. The standard InChI is InChI=1S/C23H30N2O4/c1-17-20(11-12-21(24-17)29-16-15-27-2)25-22(26)23(13-5-4-6-14-23)18-7-9-19(28-3)10-8-18/h7-12H,4-6,13-16H2,1-3H3,(H,25,26). The van der Waals surface area contributed by atoms with E-state index in [1.165, 1.54) is 6.42 Å². The van der Waals surface area contributed by atoms with Crippen LogP contribution in [0.4, 0.5) is 5.69 Å². The topological polar surface area (TPSA) is 69.7 Å². The van der Waals surface area contributed by atoms with Crippen molar-refractivity contribution in [2.45, 2.75) is 44.4 Å². The molecular formula is C23H30N2O4. The van der Waals surface area contributed by atoms with Crippen LogP contribution in [-0.2, 0) is 14.9 Å². The highest BCUT2D eigenvalue weighted by Gasteiger charge is 2.41. The van der Waals surface area contributed by atoms with Crippen molar-refractivity contribution in [1.29, 1.82) is 0 Å². The number of nitrogens with one attached hydrogen (secondary N) is 1. The molecule has 1 aliphatic rings. The minimum Gasteiger partial charge on any atom is -0.497 e. The van der Waals surface area contributed by atoms with Crippen LogP contribution in [0.25, 0.3) is 0 Å². The van der Waals surface area contributed by atoms with Gasteiger partial charge in [-0.05, 0) is 43.5 Å². The fourth-order valence-corrected chi connectivity index (χ4v) is 3.93. The summed E-state index contributed by atoms with van der Waals surface area (Å²) in [6, 6.07) is 11.5. The molecule has 6 nitrogen and oxygen atoms in total. The summed E-state index contributed by atoms with van der Waals surface area (Å²) in [5, 5.41) is 3.13. The van der Waals surface area contributed by atoms with Gasteiger partial charge in [0.2, 0.25) is 11.8 Å². The van der Waals surface area contributed by atoms with Crippen LogP contribution < -0.4 is 14.8 Å². The molecule has 1 heterocycles. The third-order valence-electron chi connectivity index (χ3n) is 5.63. The van der Waals surface area contributed by atoms with Gasteiger partial charge in [0.25, 0.3) is 0 Å². The lowest BCUT2D eigenvalue weighted by molar-refractivity contribution is -0.122. The van der Waals surface area contributed by atoms with E-state index < -0.39 is 5.41 Å². The molecule has 1 aromatic carbocycles. The van der Waals surface area contributed by atoms with E-state index in [0.717, 1.165) is 42.7 Å². The number of hydrogen-bond donors (Lipinski definition) is 1. The number of carbonyl (C=O) groups is 1. The molecule has 1 saturated carbocycles. The lowest BCUT2D eigenvalue weighted by atomic mass is 9.68. The number of pyridine rings is 1. The Balaban J connectivity index is 1.80. The molecule has 1 fully saturated rings. The molecule has 1 aliphatic carbocycles. The minimum absolute atomic E-state index is 0.0281. The number of ether oxygens (including phenoxy) is 3. The number of anilines is 1. The summed E-state index contributed by atoms with van der Waals surface area (Å²) in [6.07, 6.45) is 4.94. The van der Waals surface area contributed by atoms with Crippen molar-refractivity contribution in [3.05, 3.63) is 47.7 Å². The van der Waals surface area contributed by atoms with Crippen molar-refractivity contribution in [3.63, 3.8) is 0 Å². The normalized spacial score (nSPS) is 15.6. The van der Waals surface area contributed by atoms with Crippen LogP contribution in [-0.4, -0.2) is 38.3 Å². The van der Waals surface area contributed by atoms with Crippen LogP contribution in [0.1, 0.15) is 43.4 Å². The summed E-state index contributed by atoms with van der Waals surface area (Å²) in [4.78, 5) is 17.9. The number of hydrogen-bond acceptors (Lipinski definition) is 5. The first kappa shape index (κ1) is 21.1. The van der Waals surface area contributed by atoms with Gasteiger partial charge in [0.05, 0.1) is 30.5 Å². The van der Waals surface area contributed by atoms with Crippen LogP contribution in [0.3, 0.4) is 0 Å². The van der Waals surface area contributed by atoms with E-state index in [4.69, 9.17) is 14.2 Å². The Labute approximate surface area is 172 Å². The molecule has 0 saturated heterocycles. The fourth-order valence-electron chi connectivity index (χ4n) is 3.93. The smallest absolute Gasteiger partial charge is 0.235 e. The molecule has 1 N–H and O–H groups in total. The summed E-state index contributed by atoms with van der Waals surface area (Å²) >= 11 is 0. The second-order valence-electron chi connectivity index (χ2n) is 7.45. The third kappa shape index (κ3) is 4.88. The number of aryl methyl sites for hydroxylation is 1. The fraction of sp³-hybridized carbons (Fsp3) is 0.478. The Hall–Kier alpha value is -2.60. The number of aromatic nitrogens is 1. The molecule has 29 heavy (non-hydrogen) atoms. The number of methoxy groups -OCH3 is 2. The van der Waals surface area contributed by atoms with Crippen LogP contribution in [0, 0.1) is 6.92 Å². The van der Waals surface area contributed by atoms with Crippen molar-refractivity contribution >= 4 is 11.6 Å².